The molecule has 26 heavy (non-hydrogen) atoms. The molecule has 0 aliphatic rings. The van der Waals surface area contributed by atoms with Crippen LogP contribution in [0.25, 0.3) is 0 Å². The maximum Gasteiger partial charge on any atom is 0.191 e. The first kappa shape index (κ1) is 19.9. The lowest BCUT2D eigenvalue weighted by molar-refractivity contribution is 0.767. The van der Waals surface area contributed by atoms with Crippen LogP contribution in [-0.4, -0.2) is 24.9 Å². The van der Waals surface area contributed by atoms with Crippen molar-refractivity contribution in [2.45, 2.75) is 33.1 Å². The van der Waals surface area contributed by atoms with Crippen LogP contribution >= 0.6 is 12.2 Å². The molecule has 0 spiro atoms. The molecule has 0 heterocycles. The third-order valence-electron chi connectivity index (χ3n) is 4.18. The lowest BCUT2D eigenvalue weighted by Gasteiger charge is -2.18. The SMILES string of the molecule is CCCCN(C)c1ccc(C=NNC(=S)Nc2ccc(CC)cc2)cc1. The molecule has 0 saturated heterocycles. The Morgan fingerprint density at radius 3 is 2.38 bits per heavy atom. The zero-order valence-corrected chi connectivity index (χ0v) is 16.6. The summed E-state index contributed by atoms with van der Waals surface area (Å²) in [5, 5.41) is 7.80. The van der Waals surface area contributed by atoms with E-state index in [0.717, 1.165) is 24.2 Å². The average Bonchev–Trinajstić information content (AvgIpc) is 2.67. The van der Waals surface area contributed by atoms with E-state index in [9.17, 15) is 0 Å². The fourth-order valence-corrected chi connectivity index (χ4v) is 2.66. The summed E-state index contributed by atoms with van der Waals surface area (Å²) in [7, 11) is 2.12. The van der Waals surface area contributed by atoms with Gasteiger partial charge in [0.1, 0.15) is 0 Å². The highest BCUT2D eigenvalue weighted by Gasteiger charge is 2.00. The van der Waals surface area contributed by atoms with Crippen molar-refractivity contribution in [1.82, 2.24) is 5.43 Å². The second-order valence-electron chi connectivity index (χ2n) is 6.24. The molecule has 0 aliphatic carbocycles. The molecule has 2 N–H and O–H groups in total. The smallest absolute Gasteiger partial charge is 0.191 e. The van der Waals surface area contributed by atoms with Crippen LogP contribution in [0.1, 0.15) is 37.8 Å². The van der Waals surface area contributed by atoms with Crippen molar-refractivity contribution >= 4 is 34.9 Å². The Balaban J connectivity index is 1.82. The van der Waals surface area contributed by atoms with Crippen LogP contribution < -0.4 is 15.6 Å². The molecule has 0 aromatic heterocycles. The normalized spacial score (nSPS) is 10.7. The molecule has 2 aromatic carbocycles. The first-order chi connectivity index (χ1) is 12.6. The Hall–Kier alpha value is -2.40. The van der Waals surface area contributed by atoms with Crippen LogP contribution in [0.4, 0.5) is 11.4 Å². The molecule has 138 valence electrons. The third-order valence-corrected chi connectivity index (χ3v) is 4.37. The largest absolute Gasteiger partial charge is 0.375 e. The van der Waals surface area contributed by atoms with Crippen molar-refractivity contribution in [3.8, 4) is 0 Å². The summed E-state index contributed by atoms with van der Waals surface area (Å²) < 4.78 is 0. The number of hydrogen-bond acceptors (Lipinski definition) is 3. The predicted molar refractivity (Wildman–Crippen MR) is 117 cm³/mol. The standard InChI is InChI=1S/C21H28N4S/c1-4-6-15-25(3)20-13-9-18(10-14-20)16-22-24-21(26)23-19-11-7-17(5-2)8-12-19/h7-14,16H,4-6,15H2,1-3H3,(H2,23,24,26). The van der Waals surface area contributed by atoms with Gasteiger partial charge in [-0.25, -0.2) is 0 Å². The average molecular weight is 369 g/mol. The number of benzene rings is 2. The molecule has 2 rings (SSSR count). The summed E-state index contributed by atoms with van der Waals surface area (Å²) in [6, 6.07) is 16.6. The molecule has 2 aromatic rings. The summed E-state index contributed by atoms with van der Waals surface area (Å²) in [5.41, 5.74) is 7.35. The minimum atomic E-state index is 0.474. The number of thiocarbonyl (C=S) groups is 1. The Morgan fingerprint density at radius 1 is 1.08 bits per heavy atom. The van der Waals surface area contributed by atoms with Crippen molar-refractivity contribution in [1.29, 1.82) is 0 Å². The minimum absolute atomic E-state index is 0.474. The van der Waals surface area contributed by atoms with E-state index in [1.54, 1.807) is 6.21 Å². The molecule has 0 fully saturated rings. The maximum absolute atomic E-state index is 5.27. The van der Waals surface area contributed by atoms with Gasteiger partial charge in [0.25, 0.3) is 0 Å². The number of hydrogen-bond donors (Lipinski definition) is 2. The summed E-state index contributed by atoms with van der Waals surface area (Å²) in [6.45, 7) is 5.42. The van der Waals surface area contributed by atoms with Gasteiger partial charge in [-0.05, 0) is 60.5 Å². The van der Waals surface area contributed by atoms with Crippen LogP contribution in [0.3, 0.4) is 0 Å². The zero-order valence-electron chi connectivity index (χ0n) is 15.8. The van der Waals surface area contributed by atoms with Gasteiger partial charge in [-0.1, -0.05) is 44.5 Å². The first-order valence-corrected chi connectivity index (χ1v) is 9.53. The van der Waals surface area contributed by atoms with E-state index >= 15 is 0 Å². The Kier molecular flexibility index (Phi) is 8.09. The molecular formula is C21H28N4S. The highest BCUT2D eigenvalue weighted by atomic mass is 32.1. The number of nitrogens with zero attached hydrogens (tertiary/aromatic N) is 2. The van der Waals surface area contributed by atoms with Gasteiger partial charge < -0.3 is 10.2 Å². The Bertz CT molecular complexity index is 708. The van der Waals surface area contributed by atoms with E-state index < -0.39 is 0 Å². The van der Waals surface area contributed by atoms with Crippen LogP contribution in [0.15, 0.2) is 53.6 Å². The molecule has 5 heteroatoms. The topological polar surface area (TPSA) is 39.7 Å². The summed E-state index contributed by atoms with van der Waals surface area (Å²) in [4.78, 5) is 2.27. The van der Waals surface area contributed by atoms with Crippen LogP contribution in [0.5, 0.6) is 0 Å². The molecule has 0 bridgehead atoms. The second kappa shape index (κ2) is 10.6. The highest BCUT2D eigenvalue weighted by Crippen LogP contribution is 2.13. The lowest BCUT2D eigenvalue weighted by Crippen LogP contribution is -2.23. The maximum atomic E-state index is 5.27. The van der Waals surface area contributed by atoms with E-state index in [-0.39, 0.29) is 0 Å². The van der Waals surface area contributed by atoms with Gasteiger partial charge in [0.2, 0.25) is 0 Å². The molecule has 0 saturated carbocycles. The summed E-state index contributed by atoms with van der Waals surface area (Å²) >= 11 is 5.27. The van der Waals surface area contributed by atoms with Gasteiger partial charge in [-0.2, -0.15) is 5.10 Å². The van der Waals surface area contributed by atoms with Crippen molar-refractivity contribution in [2.75, 3.05) is 23.8 Å². The van der Waals surface area contributed by atoms with E-state index in [2.05, 4.69) is 78.0 Å². The molecule has 0 unspecified atom stereocenters. The van der Waals surface area contributed by atoms with Gasteiger partial charge >= 0.3 is 0 Å². The van der Waals surface area contributed by atoms with Crippen LogP contribution in [-0.2, 0) is 6.42 Å². The predicted octanol–water partition coefficient (Wildman–Crippen LogP) is 4.81. The number of rotatable bonds is 8. The van der Waals surface area contributed by atoms with Crippen molar-refractivity contribution in [3.63, 3.8) is 0 Å². The number of hydrazone groups is 1. The fourth-order valence-electron chi connectivity index (χ4n) is 2.49. The van der Waals surface area contributed by atoms with Gasteiger partial charge in [-0.3, -0.25) is 5.43 Å². The third kappa shape index (κ3) is 6.48. The number of aryl methyl sites for hydroxylation is 1. The van der Waals surface area contributed by atoms with Crippen LogP contribution in [0.2, 0.25) is 0 Å². The molecule has 0 aliphatic heterocycles. The van der Waals surface area contributed by atoms with Gasteiger partial charge in [0.15, 0.2) is 5.11 Å². The van der Waals surface area contributed by atoms with Gasteiger partial charge in [-0.15, -0.1) is 0 Å². The lowest BCUT2D eigenvalue weighted by atomic mass is 10.1. The molecule has 0 atom stereocenters. The summed E-state index contributed by atoms with van der Waals surface area (Å²) in [6.07, 6.45) is 5.21. The number of nitrogens with one attached hydrogen (secondary N) is 2. The first-order valence-electron chi connectivity index (χ1n) is 9.12. The molecule has 4 nitrogen and oxygen atoms in total. The van der Waals surface area contributed by atoms with Crippen LogP contribution in [0, 0.1) is 0 Å². The monoisotopic (exact) mass is 368 g/mol. The Morgan fingerprint density at radius 2 is 1.77 bits per heavy atom. The van der Waals surface area contributed by atoms with Crippen molar-refractivity contribution in [2.24, 2.45) is 5.10 Å². The van der Waals surface area contributed by atoms with E-state index in [1.165, 1.54) is 24.1 Å². The molecule has 0 radical (unpaired) electrons. The van der Waals surface area contributed by atoms with Crippen molar-refractivity contribution in [3.05, 3.63) is 59.7 Å². The van der Waals surface area contributed by atoms with E-state index in [0.29, 0.717) is 5.11 Å². The zero-order chi connectivity index (χ0) is 18.8. The van der Waals surface area contributed by atoms with E-state index in [1.807, 2.05) is 12.1 Å². The van der Waals surface area contributed by atoms with E-state index in [4.69, 9.17) is 12.2 Å². The second-order valence-corrected chi connectivity index (χ2v) is 6.65. The minimum Gasteiger partial charge on any atom is -0.375 e. The number of unbranched alkanes of at least 4 members (excludes halogenated alkanes) is 1. The van der Waals surface area contributed by atoms with Gasteiger partial charge in [0.05, 0.1) is 6.21 Å². The quantitative estimate of drug-likeness (QED) is 0.399. The van der Waals surface area contributed by atoms with Gasteiger partial charge in [0, 0.05) is 25.0 Å². The highest BCUT2D eigenvalue weighted by molar-refractivity contribution is 7.80. The Labute approximate surface area is 162 Å². The number of anilines is 2. The molecular weight excluding hydrogens is 340 g/mol. The fraction of sp³-hybridized carbons (Fsp3) is 0.333. The molecule has 0 amide bonds. The van der Waals surface area contributed by atoms with Crippen molar-refractivity contribution < 1.29 is 0 Å². The summed E-state index contributed by atoms with van der Waals surface area (Å²) in [5.74, 6) is 0.